The predicted octanol–water partition coefficient (Wildman–Crippen LogP) is 0.502. The van der Waals surface area contributed by atoms with Gasteiger partial charge >= 0.3 is 5.97 Å². The lowest BCUT2D eigenvalue weighted by atomic mass is 10.0. The molecular formula is C14H19NO4. The van der Waals surface area contributed by atoms with Gasteiger partial charge in [-0.25, -0.2) is 0 Å². The molecule has 0 saturated carbocycles. The van der Waals surface area contributed by atoms with Gasteiger partial charge in [0.05, 0.1) is 13.2 Å². The summed E-state index contributed by atoms with van der Waals surface area (Å²) < 4.78 is 10.3. The summed E-state index contributed by atoms with van der Waals surface area (Å²) in [5, 5.41) is 13.0. The number of esters is 1. The summed E-state index contributed by atoms with van der Waals surface area (Å²) in [7, 11) is 1.63. The number of ether oxygens (including phenoxy) is 2. The Labute approximate surface area is 112 Å². The number of aliphatic hydroxyl groups is 1. The van der Waals surface area contributed by atoms with E-state index in [-0.39, 0.29) is 12.0 Å². The average molecular weight is 265 g/mol. The van der Waals surface area contributed by atoms with Crippen molar-refractivity contribution in [3.05, 3.63) is 29.8 Å². The number of benzene rings is 1. The van der Waals surface area contributed by atoms with E-state index < -0.39 is 12.2 Å². The molecule has 5 nitrogen and oxygen atoms in total. The van der Waals surface area contributed by atoms with Crippen LogP contribution >= 0.6 is 0 Å². The molecule has 1 fully saturated rings. The molecule has 0 unspecified atom stereocenters. The van der Waals surface area contributed by atoms with Gasteiger partial charge in [-0.05, 0) is 24.1 Å². The maximum absolute atomic E-state index is 11.0. The number of rotatable bonds is 4. The third kappa shape index (κ3) is 3.45. The molecule has 0 bridgehead atoms. The normalized spacial score (nSPS) is 26.2. The zero-order valence-corrected chi connectivity index (χ0v) is 11.1. The van der Waals surface area contributed by atoms with Crippen LogP contribution in [0.15, 0.2) is 24.3 Å². The van der Waals surface area contributed by atoms with Gasteiger partial charge in [-0.15, -0.1) is 0 Å². The monoisotopic (exact) mass is 265 g/mol. The number of β-amino-alcohol motifs (C(OH)–C–C–N with tert-alkyl or cyclic N) is 1. The number of methoxy groups -OCH3 is 1. The van der Waals surface area contributed by atoms with Crippen LogP contribution in [0.3, 0.4) is 0 Å². The fourth-order valence-electron chi connectivity index (χ4n) is 2.33. The van der Waals surface area contributed by atoms with E-state index in [1.54, 1.807) is 7.11 Å². The van der Waals surface area contributed by atoms with Crippen molar-refractivity contribution in [2.45, 2.75) is 31.6 Å². The van der Waals surface area contributed by atoms with Crippen LogP contribution in [0.2, 0.25) is 0 Å². The second-order valence-corrected chi connectivity index (χ2v) is 4.71. The fourth-order valence-corrected chi connectivity index (χ4v) is 2.33. The molecule has 5 heteroatoms. The van der Waals surface area contributed by atoms with Crippen molar-refractivity contribution in [1.82, 2.24) is 5.32 Å². The second-order valence-electron chi connectivity index (χ2n) is 4.71. The molecule has 0 aromatic heterocycles. The molecule has 1 aliphatic heterocycles. The van der Waals surface area contributed by atoms with E-state index in [4.69, 9.17) is 9.47 Å². The molecule has 0 spiro atoms. The first-order chi connectivity index (χ1) is 9.10. The van der Waals surface area contributed by atoms with Gasteiger partial charge in [-0.1, -0.05) is 12.1 Å². The second kappa shape index (κ2) is 6.04. The lowest BCUT2D eigenvalue weighted by molar-refractivity contribution is -0.151. The number of carbonyl (C=O) groups excluding carboxylic acids is 1. The van der Waals surface area contributed by atoms with Crippen LogP contribution in [0.5, 0.6) is 5.75 Å². The van der Waals surface area contributed by atoms with Crippen LogP contribution in [0.25, 0.3) is 0 Å². The Bertz CT molecular complexity index is 432. The van der Waals surface area contributed by atoms with Crippen molar-refractivity contribution in [2.75, 3.05) is 13.7 Å². The zero-order valence-electron chi connectivity index (χ0n) is 11.1. The molecule has 1 aromatic carbocycles. The molecule has 2 rings (SSSR count). The van der Waals surface area contributed by atoms with Crippen LogP contribution in [0.4, 0.5) is 0 Å². The molecule has 0 radical (unpaired) electrons. The molecular weight excluding hydrogens is 246 g/mol. The van der Waals surface area contributed by atoms with Crippen molar-refractivity contribution in [2.24, 2.45) is 0 Å². The standard InChI is InChI=1S/C14H19NO4/c1-9(16)19-14-12(15-8-13(14)17)7-10-3-5-11(18-2)6-4-10/h3-6,12-15,17H,7-8H2,1-2H3/t12-,13-,14-/m1/s1. The van der Waals surface area contributed by atoms with E-state index in [2.05, 4.69) is 5.32 Å². The molecule has 1 aliphatic rings. The Kier molecular flexibility index (Phi) is 4.39. The molecule has 0 amide bonds. The predicted molar refractivity (Wildman–Crippen MR) is 70.0 cm³/mol. The van der Waals surface area contributed by atoms with Gasteiger partial charge in [0.25, 0.3) is 0 Å². The third-order valence-electron chi connectivity index (χ3n) is 3.28. The summed E-state index contributed by atoms with van der Waals surface area (Å²) in [6.45, 7) is 1.80. The van der Waals surface area contributed by atoms with Gasteiger partial charge in [0.1, 0.15) is 18.0 Å². The minimum absolute atomic E-state index is 0.0627. The Hall–Kier alpha value is -1.59. The molecule has 19 heavy (non-hydrogen) atoms. The van der Waals surface area contributed by atoms with Gasteiger partial charge in [0, 0.05) is 13.5 Å². The van der Waals surface area contributed by atoms with Crippen LogP contribution in [0.1, 0.15) is 12.5 Å². The summed E-state index contributed by atoms with van der Waals surface area (Å²) in [5.41, 5.74) is 1.10. The first kappa shape index (κ1) is 13.8. The van der Waals surface area contributed by atoms with Crippen LogP contribution in [-0.2, 0) is 16.0 Å². The van der Waals surface area contributed by atoms with Crippen molar-refractivity contribution in [3.8, 4) is 5.75 Å². The van der Waals surface area contributed by atoms with Gasteiger partial charge in [-0.3, -0.25) is 4.79 Å². The maximum Gasteiger partial charge on any atom is 0.303 e. The summed E-state index contributed by atoms with van der Waals surface area (Å²) >= 11 is 0. The van der Waals surface area contributed by atoms with Crippen molar-refractivity contribution in [3.63, 3.8) is 0 Å². The SMILES string of the molecule is COc1ccc(C[C@H]2NC[C@@H](O)[C@@H]2OC(C)=O)cc1. The van der Waals surface area contributed by atoms with Gasteiger partial charge in [0.2, 0.25) is 0 Å². The lowest BCUT2D eigenvalue weighted by Gasteiger charge is -2.21. The molecule has 2 N–H and O–H groups in total. The Morgan fingerprint density at radius 2 is 2.11 bits per heavy atom. The molecule has 104 valence electrons. The Morgan fingerprint density at radius 1 is 1.42 bits per heavy atom. The van der Waals surface area contributed by atoms with E-state index in [0.717, 1.165) is 11.3 Å². The summed E-state index contributed by atoms with van der Waals surface area (Å²) in [4.78, 5) is 11.0. The third-order valence-corrected chi connectivity index (χ3v) is 3.28. The highest BCUT2D eigenvalue weighted by atomic mass is 16.6. The first-order valence-corrected chi connectivity index (χ1v) is 6.31. The van der Waals surface area contributed by atoms with Crippen LogP contribution < -0.4 is 10.1 Å². The van der Waals surface area contributed by atoms with E-state index in [9.17, 15) is 9.90 Å². The number of hydrogen-bond acceptors (Lipinski definition) is 5. The smallest absolute Gasteiger partial charge is 0.303 e. The van der Waals surface area contributed by atoms with E-state index >= 15 is 0 Å². The minimum Gasteiger partial charge on any atom is -0.497 e. The number of carbonyl (C=O) groups is 1. The fraction of sp³-hybridized carbons (Fsp3) is 0.500. The summed E-state index contributed by atoms with van der Waals surface area (Å²) in [5.74, 6) is 0.437. The maximum atomic E-state index is 11.0. The average Bonchev–Trinajstić information content (AvgIpc) is 2.72. The van der Waals surface area contributed by atoms with E-state index in [1.165, 1.54) is 6.92 Å². The number of nitrogens with one attached hydrogen (secondary N) is 1. The van der Waals surface area contributed by atoms with Crippen molar-refractivity contribution >= 4 is 5.97 Å². The first-order valence-electron chi connectivity index (χ1n) is 6.31. The quantitative estimate of drug-likeness (QED) is 0.776. The zero-order chi connectivity index (χ0) is 13.8. The lowest BCUT2D eigenvalue weighted by Crippen LogP contribution is -2.38. The highest BCUT2D eigenvalue weighted by molar-refractivity contribution is 5.66. The summed E-state index contributed by atoms with van der Waals surface area (Å²) in [6, 6.07) is 7.65. The molecule has 1 saturated heterocycles. The molecule has 1 heterocycles. The number of hydrogen-bond donors (Lipinski definition) is 2. The van der Waals surface area contributed by atoms with Gasteiger partial charge < -0.3 is 19.9 Å². The minimum atomic E-state index is -0.646. The van der Waals surface area contributed by atoms with Crippen molar-refractivity contribution < 1.29 is 19.4 Å². The molecule has 1 aromatic rings. The Balaban J connectivity index is 2.02. The highest BCUT2D eigenvalue weighted by Crippen LogP contribution is 2.19. The van der Waals surface area contributed by atoms with E-state index in [1.807, 2.05) is 24.3 Å². The van der Waals surface area contributed by atoms with E-state index in [0.29, 0.717) is 13.0 Å². The highest BCUT2D eigenvalue weighted by Gasteiger charge is 2.37. The molecule has 0 aliphatic carbocycles. The number of aliphatic hydroxyl groups excluding tert-OH is 1. The van der Waals surface area contributed by atoms with Crippen molar-refractivity contribution in [1.29, 1.82) is 0 Å². The van der Waals surface area contributed by atoms with Gasteiger partial charge in [-0.2, -0.15) is 0 Å². The summed E-state index contributed by atoms with van der Waals surface area (Å²) in [6.07, 6.45) is -0.439. The Morgan fingerprint density at radius 3 is 2.68 bits per heavy atom. The van der Waals surface area contributed by atoms with Crippen LogP contribution in [-0.4, -0.2) is 43.0 Å². The van der Waals surface area contributed by atoms with Gasteiger partial charge in [0.15, 0.2) is 0 Å². The topological polar surface area (TPSA) is 67.8 Å². The van der Waals surface area contributed by atoms with Crippen LogP contribution in [0, 0.1) is 0 Å². The molecule has 3 atom stereocenters. The largest absolute Gasteiger partial charge is 0.497 e.